The molecule has 3 heterocycles. The number of ether oxygens (including phenoxy) is 1. The fourth-order valence-corrected chi connectivity index (χ4v) is 3.43. The molecule has 1 aromatic rings. The van der Waals surface area contributed by atoms with E-state index < -0.39 is 19.0 Å². The second-order valence-corrected chi connectivity index (χ2v) is 6.78. The average Bonchev–Trinajstić information content (AvgIpc) is 2.98. The number of nitrogens with zero attached hydrogens (tertiary/aromatic N) is 2. The Hall–Kier alpha value is -1.61. The van der Waals surface area contributed by atoms with Crippen molar-refractivity contribution in [2.75, 3.05) is 32.8 Å². The maximum atomic E-state index is 12.9. The number of alkyl halides is 4. The van der Waals surface area contributed by atoms with Crippen LogP contribution in [0.2, 0.25) is 0 Å². The van der Waals surface area contributed by atoms with Gasteiger partial charge in [0.2, 0.25) is 5.88 Å². The lowest BCUT2D eigenvalue weighted by Crippen LogP contribution is -2.34. The van der Waals surface area contributed by atoms with Gasteiger partial charge in [-0.15, -0.1) is 12.4 Å². The lowest BCUT2D eigenvalue weighted by Gasteiger charge is -2.21. The maximum Gasteiger partial charge on any atom is 0.340 e. The molecule has 0 radical (unpaired) electrons. The fraction of sp³-hybridized carbons (Fsp3) is 0.647. The minimum atomic E-state index is -4.24. The summed E-state index contributed by atoms with van der Waals surface area (Å²) in [5.74, 6) is -3.44. The van der Waals surface area contributed by atoms with Crippen LogP contribution >= 0.6 is 12.4 Å². The zero-order chi connectivity index (χ0) is 18.7. The maximum absolute atomic E-state index is 12.9. The van der Waals surface area contributed by atoms with Crippen molar-refractivity contribution in [3.8, 4) is 5.88 Å². The Morgan fingerprint density at radius 3 is 2.41 bits per heavy atom. The summed E-state index contributed by atoms with van der Waals surface area (Å²) in [4.78, 5) is 18.2. The SMILES string of the molecule is Cl.O=C(c1ccc(OCC(F)(F)C(F)F)nc1)N1CC[C@@H]2CNC[C@@H]2CC1. The largest absolute Gasteiger partial charge is 0.471 e. The van der Waals surface area contributed by atoms with Gasteiger partial charge < -0.3 is 15.0 Å². The van der Waals surface area contributed by atoms with Gasteiger partial charge in [-0.2, -0.15) is 8.78 Å². The standard InChI is InChI=1S/C17H21F4N3O2.ClH/c18-16(19)17(20,21)10-26-14-2-1-13(9-23-14)15(25)24-5-3-11-7-22-8-12(11)4-6-24;/h1-2,9,11-12,16,22H,3-8,10H2;1H/t11-,12+;. The Morgan fingerprint density at radius 1 is 1.26 bits per heavy atom. The second kappa shape index (κ2) is 9.05. The third-order valence-corrected chi connectivity index (χ3v) is 5.02. The Morgan fingerprint density at radius 2 is 1.89 bits per heavy atom. The summed E-state index contributed by atoms with van der Waals surface area (Å²) in [6, 6.07) is 2.66. The van der Waals surface area contributed by atoms with Gasteiger partial charge >= 0.3 is 12.3 Å². The lowest BCUT2D eigenvalue weighted by molar-refractivity contribution is -0.148. The number of carbonyl (C=O) groups excluding carboxylic acids is 1. The molecule has 2 aliphatic rings. The quantitative estimate of drug-likeness (QED) is 0.757. The molecule has 0 spiro atoms. The van der Waals surface area contributed by atoms with Crippen LogP contribution in [-0.4, -0.2) is 60.9 Å². The molecule has 1 N–H and O–H groups in total. The highest BCUT2D eigenvalue weighted by atomic mass is 35.5. The van der Waals surface area contributed by atoms with Crippen LogP contribution in [0.25, 0.3) is 0 Å². The topological polar surface area (TPSA) is 54.5 Å². The van der Waals surface area contributed by atoms with Gasteiger partial charge in [0, 0.05) is 25.4 Å². The molecule has 2 atom stereocenters. The average molecular weight is 412 g/mol. The Bertz CT molecular complexity index is 619. The molecular formula is C17H22ClF4N3O2. The summed E-state index contributed by atoms with van der Waals surface area (Å²) in [7, 11) is 0. The number of amides is 1. The number of carbonyl (C=O) groups is 1. The minimum absolute atomic E-state index is 0. The summed E-state index contributed by atoms with van der Waals surface area (Å²) in [5.41, 5.74) is 0.322. The van der Waals surface area contributed by atoms with E-state index in [-0.39, 0.29) is 24.2 Å². The van der Waals surface area contributed by atoms with Crippen molar-refractivity contribution in [3.63, 3.8) is 0 Å². The molecule has 10 heteroatoms. The number of aromatic nitrogens is 1. The minimum Gasteiger partial charge on any atom is -0.471 e. The first-order chi connectivity index (χ1) is 12.4. The number of pyridine rings is 1. The van der Waals surface area contributed by atoms with Gasteiger partial charge in [-0.25, -0.2) is 13.8 Å². The number of halogens is 5. The molecule has 2 aliphatic heterocycles. The third kappa shape index (κ3) is 5.22. The summed E-state index contributed by atoms with van der Waals surface area (Å²) in [6.45, 7) is 1.85. The monoisotopic (exact) mass is 411 g/mol. The van der Waals surface area contributed by atoms with E-state index in [0.717, 1.165) is 25.9 Å². The molecule has 2 fully saturated rings. The third-order valence-electron chi connectivity index (χ3n) is 5.02. The summed E-state index contributed by atoms with van der Waals surface area (Å²) in [6.07, 6.45) is -0.687. The molecule has 3 rings (SSSR count). The number of hydrogen-bond donors (Lipinski definition) is 1. The van der Waals surface area contributed by atoms with Crippen molar-refractivity contribution in [1.82, 2.24) is 15.2 Å². The highest BCUT2D eigenvalue weighted by Gasteiger charge is 2.41. The Balaban J connectivity index is 0.00000261. The van der Waals surface area contributed by atoms with Gasteiger partial charge in [0.1, 0.15) is 0 Å². The van der Waals surface area contributed by atoms with Crippen LogP contribution in [0.1, 0.15) is 23.2 Å². The van der Waals surface area contributed by atoms with Gasteiger partial charge in [0.25, 0.3) is 5.91 Å². The van der Waals surface area contributed by atoms with Crippen LogP contribution in [0.15, 0.2) is 18.3 Å². The lowest BCUT2D eigenvalue weighted by atomic mass is 9.92. The van der Waals surface area contributed by atoms with Gasteiger partial charge in [-0.05, 0) is 43.8 Å². The molecule has 1 amide bonds. The van der Waals surface area contributed by atoms with Gasteiger partial charge in [-0.1, -0.05) is 0 Å². The zero-order valence-electron chi connectivity index (χ0n) is 14.5. The van der Waals surface area contributed by atoms with Crippen molar-refractivity contribution in [3.05, 3.63) is 23.9 Å². The molecule has 0 aliphatic carbocycles. The van der Waals surface area contributed by atoms with E-state index in [9.17, 15) is 22.4 Å². The highest BCUT2D eigenvalue weighted by Crippen LogP contribution is 2.28. The van der Waals surface area contributed by atoms with E-state index in [1.165, 1.54) is 18.3 Å². The van der Waals surface area contributed by atoms with Crippen molar-refractivity contribution >= 4 is 18.3 Å². The summed E-state index contributed by atoms with van der Waals surface area (Å²) in [5, 5.41) is 3.38. The first-order valence-corrected chi connectivity index (χ1v) is 8.61. The predicted molar refractivity (Wildman–Crippen MR) is 92.9 cm³/mol. The van der Waals surface area contributed by atoms with Crippen molar-refractivity contribution in [2.24, 2.45) is 11.8 Å². The molecule has 5 nitrogen and oxygen atoms in total. The zero-order valence-corrected chi connectivity index (χ0v) is 15.4. The van der Waals surface area contributed by atoms with Crippen LogP contribution in [0, 0.1) is 11.8 Å². The van der Waals surface area contributed by atoms with Crippen LogP contribution in [0.4, 0.5) is 17.6 Å². The number of fused-ring (bicyclic) bond motifs is 1. The second-order valence-electron chi connectivity index (χ2n) is 6.78. The number of rotatable bonds is 5. The number of likely N-dealkylation sites (tertiary alicyclic amines) is 1. The first kappa shape index (κ1) is 21.7. The van der Waals surface area contributed by atoms with Crippen LogP contribution in [0.3, 0.4) is 0 Å². The fourth-order valence-electron chi connectivity index (χ4n) is 3.43. The van der Waals surface area contributed by atoms with E-state index in [4.69, 9.17) is 0 Å². The molecular weight excluding hydrogens is 390 g/mol. The molecule has 1 aromatic heterocycles. The van der Waals surface area contributed by atoms with Crippen LogP contribution in [0.5, 0.6) is 5.88 Å². The van der Waals surface area contributed by atoms with Crippen LogP contribution < -0.4 is 10.1 Å². The molecule has 152 valence electrons. The summed E-state index contributed by atoms with van der Waals surface area (Å²) < 4.78 is 54.5. The smallest absolute Gasteiger partial charge is 0.340 e. The first-order valence-electron chi connectivity index (χ1n) is 8.61. The normalized spacial score (nSPS) is 22.8. The van der Waals surface area contributed by atoms with Crippen molar-refractivity contribution in [2.45, 2.75) is 25.2 Å². The summed E-state index contributed by atoms with van der Waals surface area (Å²) >= 11 is 0. The number of nitrogens with one attached hydrogen (secondary N) is 1. The van der Waals surface area contributed by atoms with E-state index in [2.05, 4.69) is 15.0 Å². The molecule has 27 heavy (non-hydrogen) atoms. The Kier molecular flexibility index (Phi) is 7.27. The van der Waals surface area contributed by atoms with E-state index >= 15 is 0 Å². The molecule has 0 saturated carbocycles. The van der Waals surface area contributed by atoms with Crippen molar-refractivity contribution < 1.29 is 27.1 Å². The molecule has 0 aromatic carbocycles. The van der Waals surface area contributed by atoms with Gasteiger partial charge in [-0.3, -0.25) is 4.79 Å². The van der Waals surface area contributed by atoms with E-state index in [1.54, 1.807) is 4.90 Å². The predicted octanol–water partition coefficient (Wildman–Crippen LogP) is 2.85. The molecule has 0 unspecified atom stereocenters. The van der Waals surface area contributed by atoms with Crippen molar-refractivity contribution in [1.29, 1.82) is 0 Å². The number of hydrogen-bond acceptors (Lipinski definition) is 4. The van der Waals surface area contributed by atoms with E-state index in [0.29, 0.717) is 30.5 Å². The van der Waals surface area contributed by atoms with Crippen LogP contribution in [-0.2, 0) is 0 Å². The highest BCUT2D eigenvalue weighted by molar-refractivity contribution is 5.94. The van der Waals surface area contributed by atoms with Gasteiger partial charge in [0.15, 0.2) is 6.61 Å². The molecule has 0 bridgehead atoms. The molecule has 2 saturated heterocycles. The van der Waals surface area contributed by atoms with Gasteiger partial charge in [0.05, 0.1) is 5.56 Å². The van der Waals surface area contributed by atoms with E-state index in [1.807, 2.05) is 0 Å². The Labute approximate surface area is 160 Å².